The van der Waals surface area contributed by atoms with Gasteiger partial charge in [-0.15, -0.1) is 0 Å². The highest BCUT2D eigenvalue weighted by Gasteiger charge is 2.12. The van der Waals surface area contributed by atoms with E-state index in [-0.39, 0.29) is 6.61 Å². The minimum Gasteiger partial charge on any atom is -0.392 e. The zero-order chi connectivity index (χ0) is 20.1. The van der Waals surface area contributed by atoms with Crippen LogP contribution in [0, 0.1) is 5.92 Å². The zero-order valence-electron chi connectivity index (χ0n) is 17.3. The van der Waals surface area contributed by atoms with Crippen LogP contribution in [-0.2, 0) is 19.6 Å². The van der Waals surface area contributed by atoms with Gasteiger partial charge in [0.25, 0.3) is 0 Å². The predicted molar refractivity (Wildman–Crippen MR) is 121 cm³/mol. The molecule has 0 aliphatic rings. The first-order valence-electron chi connectivity index (χ1n) is 9.87. The third kappa shape index (κ3) is 4.97. The highest BCUT2D eigenvalue weighted by Crippen LogP contribution is 2.30. The summed E-state index contributed by atoms with van der Waals surface area (Å²) < 4.78 is 7.86. The van der Waals surface area contributed by atoms with E-state index in [9.17, 15) is 5.11 Å². The molecule has 0 aliphatic carbocycles. The van der Waals surface area contributed by atoms with Gasteiger partial charge in [-0.2, -0.15) is 0 Å². The summed E-state index contributed by atoms with van der Waals surface area (Å²) in [5.74, 6) is 0.583. The second-order valence-electron chi connectivity index (χ2n) is 7.80. The first-order valence-corrected chi connectivity index (χ1v) is 10.6. The Labute approximate surface area is 172 Å². The number of fused-ring (bicyclic) bond motifs is 1. The molecule has 0 saturated carbocycles. The second-order valence-corrected chi connectivity index (χ2v) is 9.00. The van der Waals surface area contributed by atoms with Gasteiger partial charge in [-0.3, -0.25) is 4.72 Å². The fourth-order valence-corrected chi connectivity index (χ4v) is 4.03. The molecular weight excluding hydrogens is 366 g/mol. The molecule has 0 amide bonds. The molecule has 0 atom stereocenters. The summed E-state index contributed by atoms with van der Waals surface area (Å²) in [5.41, 5.74) is 5.88. The van der Waals surface area contributed by atoms with Gasteiger partial charge in [-0.05, 0) is 54.8 Å². The van der Waals surface area contributed by atoms with Crippen LogP contribution in [0.3, 0.4) is 0 Å². The summed E-state index contributed by atoms with van der Waals surface area (Å²) in [7, 11) is 4.08. The van der Waals surface area contributed by atoms with Crippen LogP contribution in [0.1, 0.15) is 25.0 Å². The number of hydrogen-bond donors (Lipinski definition) is 2. The Kier molecular flexibility index (Phi) is 7.18. The Morgan fingerprint density at radius 3 is 2.61 bits per heavy atom. The van der Waals surface area contributed by atoms with Crippen molar-refractivity contribution in [3.8, 4) is 11.1 Å². The Bertz CT molecular complexity index is 917. The molecule has 0 radical (unpaired) electrons. The van der Waals surface area contributed by atoms with Crippen molar-refractivity contribution in [1.29, 1.82) is 0 Å². The van der Waals surface area contributed by atoms with E-state index in [0.717, 1.165) is 36.2 Å². The van der Waals surface area contributed by atoms with E-state index in [4.69, 9.17) is 0 Å². The van der Waals surface area contributed by atoms with Crippen molar-refractivity contribution in [2.75, 3.05) is 20.6 Å². The average molecular weight is 398 g/mol. The summed E-state index contributed by atoms with van der Waals surface area (Å²) in [4.78, 5) is 0. The lowest BCUT2D eigenvalue weighted by atomic mass is 9.98. The highest BCUT2D eigenvalue weighted by atomic mass is 32.2. The summed E-state index contributed by atoms with van der Waals surface area (Å²) in [6.45, 7) is 6.50. The lowest BCUT2D eigenvalue weighted by molar-refractivity contribution is 0.282. The smallest absolute Gasteiger partial charge is 0.0687 e. The summed E-state index contributed by atoms with van der Waals surface area (Å²) in [5, 5.41) is 11.0. The molecule has 3 rings (SSSR count). The number of aliphatic hydroxyl groups excluding tert-OH is 1. The van der Waals surface area contributed by atoms with Crippen LogP contribution in [0.4, 0.5) is 0 Å². The number of rotatable bonds is 9. The van der Waals surface area contributed by atoms with Crippen molar-refractivity contribution in [1.82, 2.24) is 13.6 Å². The normalized spacial score (nSPS) is 11.8. The van der Waals surface area contributed by atoms with Crippen molar-refractivity contribution in [2.24, 2.45) is 5.92 Å². The van der Waals surface area contributed by atoms with Crippen molar-refractivity contribution in [3.63, 3.8) is 0 Å². The van der Waals surface area contributed by atoms with Crippen molar-refractivity contribution in [3.05, 3.63) is 59.8 Å². The Morgan fingerprint density at radius 2 is 1.89 bits per heavy atom. The maximum absolute atomic E-state index is 9.71. The predicted octanol–water partition coefficient (Wildman–Crippen LogP) is 4.71. The molecule has 28 heavy (non-hydrogen) atoms. The first-order chi connectivity index (χ1) is 13.5. The van der Waals surface area contributed by atoms with Gasteiger partial charge >= 0.3 is 0 Å². The number of hydrogen-bond acceptors (Lipinski definition) is 4. The molecule has 1 heterocycles. The van der Waals surface area contributed by atoms with Gasteiger partial charge in [-0.1, -0.05) is 50.2 Å². The van der Waals surface area contributed by atoms with E-state index in [0.29, 0.717) is 5.92 Å². The molecule has 0 unspecified atom stereocenters. The van der Waals surface area contributed by atoms with Gasteiger partial charge in [0.1, 0.15) is 0 Å². The van der Waals surface area contributed by atoms with Crippen LogP contribution < -0.4 is 4.72 Å². The molecular formula is C23H31N3OS. The standard InChI is InChI=1S/C23H31N3OS/c1-17(2)14-26-15-19(11-12-24-28-25(3)4)22-10-9-18(13-23(22)26)21-8-6-5-7-20(21)16-27/h5-10,13,15,17,24,27H,11-12,14,16H2,1-4H3. The molecule has 0 bridgehead atoms. The van der Waals surface area contributed by atoms with E-state index >= 15 is 0 Å². The van der Waals surface area contributed by atoms with Crippen LogP contribution >= 0.6 is 12.1 Å². The Hall–Kier alpha value is -1.79. The van der Waals surface area contributed by atoms with E-state index in [1.165, 1.54) is 16.5 Å². The number of benzene rings is 2. The van der Waals surface area contributed by atoms with Gasteiger partial charge in [-0.25, -0.2) is 4.31 Å². The van der Waals surface area contributed by atoms with Crippen molar-refractivity contribution >= 4 is 23.0 Å². The van der Waals surface area contributed by atoms with Crippen LogP contribution in [0.5, 0.6) is 0 Å². The fourth-order valence-electron chi connectivity index (χ4n) is 3.58. The molecule has 0 saturated heterocycles. The molecule has 3 aromatic rings. The Morgan fingerprint density at radius 1 is 1.11 bits per heavy atom. The molecule has 1 aromatic heterocycles. The molecule has 0 spiro atoms. The van der Waals surface area contributed by atoms with Crippen LogP contribution in [0.2, 0.25) is 0 Å². The van der Waals surface area contributed by atoms with Gasteiger partial charge in [0.2, 0.25) is 0 Å². The summed E-state index contributed by atoms with van der Waals surface area (Å²) in [6.07, 6.45) is 3.31. The molecule has 2 aromatic carbocycles. The molecule has 150 valence electrons. The fraction of sp³-hybridized carbons (Fsp3) is 0.391. The second kappa shape index (κ2) is 9.61. The van der Waals surface area contributed by atoms with Gasteiger partial charge in [0.15, 0.2) is 0 Å². The molecule has 5 heteroatoms. The highest BCUT2D eigenvalue weighted by molar-refractivity contribution is 7.95. The zero-order valence-corrected chi connectivity index (χ0v) is 18.1. The van der Waals surface area contributed by atoms with E-state index in [2.05, 4.69) is 57.9 Å². The maximum Gasteiger partial charge on any atom is 0.0687 e. The lowest BCUT2D eigenvalue weighted by Crippen LogP contribution is -2.15. The van der Waals surface area contributed by atoms with Crippen LogP contribution in [0.25, 0.3) is 22.0 Å². The third-order valence-electron chi connectivity index (χ3n) is 4.77. The number of nitrogens with one attached hydrogen (secondary N) is 1. The molecule has 2 N–H and O–H groups in total. The van der Waals surface area contributed by atoms with E-state index in [1.807, 2.05) is 32.3 Å². The van der Waals surface area contributed by atoms with Gasteiger partial charge < -0.3 is 9.67 Å². The minimum atomic E-state index is 0.0572. The third-order valence-corrected chi connectivity index (χ3v) is 5.47. The van der Waals surface area contributed by atoms with Crippen LogP contribution in [-0.4, -0.2) is 34.6 Å². The Balaban J connectivity index is 1.96. The van der Waals surface area contributed by atoms with Gasteiger partial charge in [0, 0.05) is 42.3 Å². The minimum absolute atomic E-state index is 0.0572. The lowest BCUT2D eigenvalue weighted by Gasteiger charge is -2.11. The summed E-state index contributed by atoms with van der Waals surface area (Å²) >= 11 is 1.63. The number of aromatic nitrogens is 1. The summed E-state index contributed by atoms with van der Waals surface area (Å²) in [6, 6.07) is 14.8. The van der Waals surface area contributed by atoms with E-state index in [1.54, 1.807) is 12.1 Å². The molecule has 0 fully saturated rings. The largest absolute Gasteiger partial charge is 0.392 e. The molecule has 4 nitrogen and oxygen atoms in total. The van der Waals surface area contributed by atoms with E-state index < -0.39 is 0 Å². The topological polar surface area (TPSA) is 40.4 Å². The molecule has 0 aliphatic heterocycles. The van der Waals surface area contributed by atoms with Crippen LogP contribution in [0.15, 0.2) is 48.7 Å². The van der Waals surface area contributed by atoms with Gasteiger partial charge in [0.05, 0.1) is 6.61 Å². The van der Waals surface area contributed by atoms with Crippen molar-refractivity contribution in [2.45, 2.75) is 33.4 Å². The number of nitrogens with zero attached hydrogens (tertiary/aromatic N) is 2. The SMILES string of the molecule is CC(C)Cn1cc(CCNSN(C)C)c2ccc(-c3ccccc3CO)cc21. The maximum atomic E-state index is 9.71. The quantitative estimate of drug-likeness (QED) is 0.405. The first kappa shape index (κ1) is 20.9. The number of aliphatic hydroxyl groups is 1. The average Bonchev–Trinajstić information content (AvgIpc) is 3.01. The van der Waals surface area contributed by atoms with Crippen molar-refractivity contribution < 1.29 is 5.11 Å². The monoisotopic (exact) mass is 397 g/mol.